The summed E-state index contributed by atoms with van der Waals surface area (Å²) in [5, 5.41) is 10.1. The minimum atomic E-state index is -0.507. The topological polar surface area (TPSA) is 71.4 Å². The zero-order chi connectivity index (χ0) is 18.6. The first-order chi connectivity index (χ1) is 13.3. The zero-order valence-electron chi connectivity index (χ0n) is 14.8. The average molecular weight is 388 g/mol. The first kappa shape index (κ1) is 18.1. The van der Waals surface area contributed by atoms with E-state index in [4.69, 9.17) is 4.74 Å². The molecule has 0 radical (unpaired) electrons. The molecule has 6 nitrogen and oxygen atoms in total. The molecule has 3 heterocycles. The molecule has 0 atom stereocenters. The standard InChI is InChI=1S/C19H21FN4O2S/c20-5-8-26-15-1-2-16-17(9-15)27-18(23-16)14-10-21-19(22-11-14)24-6-3-13(12-25)4-7-24/h1-2,9-11,13,25H,3-8,12H2. The number of aliphatic hydroxyl groups is 1. The Morgan fingerprint density at radius 3 is 2.70 bits per heavy atom. The van der Waals surface area contributed by atoms with Gasteiger partial charge in [-0.25, -0.2) is 19.3 Å². The minimum absolute atomic E-state index is 0.0576. The van der Waals surface area contributed by atoms with Crippen LogP contribution in [-0.4, -0.2) is 53.0 Å². The number of piperidine rings is 1. The second kappa shape index (κ2) is 8.14. The normalized spacial score (nSPS) is 15.4. The van der Waals surface area contributed by atoms with Gasteiger partial charge in [0.25, 0.3) is 0 Å². The lowest BCUT2D eigenvalue weighted by Gasteiger charge is -2.30. The van der Waals surface area contributed by atoms with Crippen molar-refractivity contribution >= 4 is 27.5 Å². The summed E-state index contributed by atoms with van der Waals surface area (Å²) in [7, 11) is 0. The van der Waals surface area contributed by atoms with E-state index in [0.29, 0.717) is 11.7 Å². The molecule has 1 aliphatic rings. The number of hydrogen-bond donors (Lipinski definition) is 1. The number of benzene rings is 1. The van der Waals surface area contributed by atoms with Crippen LogP contribution < -0.4 is 9.64 Å². The van der Waals surface area contributed by atoms with E-state index < -0.39 is 6.67 Å². The molecule has 8 heteroatoms. The number of thiazole rings is 1. The van der Waals surface area contributed by atoms with E-state index in [1.807, 2.05) is 12.1 Å². The molecule has 0 spiro atoms. The third kappa shape index (κ3) is 4.01. The van der Waals surface area contributed by atoms with E-state index in [1.165, 1.54) is 11.3 Å². The molecule has 1 N–H and O–H groups in total. The highest BCUT2D eigenvalue weighted by molar-refractivity contribution is 7.21. The Kier molecular flexibility index (Phi) is 5.45. The fourth-order valence-corrected chi connectivity index (χ4v) is 4.15. The van der Waals surface area contributed by atoms with Gasteiger partial charge in [0.05, 0.1) is 10.2 Å². The number of alkyl halides is 1. The third-order valence-electron chi connectivity index (χ3n) is 4.75. The second-order valence-corrected chi connectivity index (χ2v) is 7.60. The van der Waals surface area contributed by atoms with Gasteiger partial charge in [-0.3, -0.25) is 0 Å². The van der Waals surface area contributed by atoms with Crippen molar-refractivity contribution in [3.63, 3.8) is 0 Å². The molecule has 0 unspecified atom stereocenters. The largest absolute Gasteiger partial charge is 0.491 e. The average Bonchev–Trinajstić information content (AvgIpc) is 3.16. The Balaban J connectivity index is 1.50. The van der Waals surface area contributed by atoms with E-state index in [-0.39, 0.29) is 13.2 Å². The number of fused-ring (bicyclic) bond motifs is 1. The molecular weight excluding hydrogens is 367 g/mol. The van der Waals surface area contributed by atoms with Gasteiger partial charge in [-0.15, -0.1) is 11.3 Å². The van der Waals surface area contributed by atoms with Crippen molar-refractivity contribution < 1.29 is 14.2 Å². The lowest BCUT2D eigenvalue weighted by molar-refractivity contribution is 0.202. The van der Waals surface area contributed by atoms with E-state index in [9.17, 15) is 9.50 Å². The summed E-state index contributed by atoms with van der Waals surface area (Å²) >= 11 is 1.54. The highest BCUT2D eigenvalue weighted by Gasteiger charge is 2.20. The number of anilines is 1. The number of aromatic nitrogens is 3. The summed E-state index contributed by atoms with van der Waals surface area (Å²) in [6.45, 7) is 1.54. The number of halogens is 1. The van der Waals surface area contributed by atoms with Gasteiger partial charge in [0.15, 0.2) is 0 Å². The Hall–Kier alpha value is -2.32. The molecular formula is C19H21FN4O2S. The van der Waals surface area contributed by atoms with Crippen molar-refractivity contribution in [1.82, 2.24) is 15.0 Å². The predicted molar refractivity (Wildman–Crippen MR) is 104 cm³/mol. The summed E-state index contributed by atoms with van der Waals surface area (Å²) in [5.41, 5.74) is 1.74. The van der Waals surface area contributed by atoms with Crippen molar-refractivity contribution in [3.05, 3.63) is 30.6 Å². The van der Waals surface area contributed by atoms with Crippen LogP contribution in [0.2, 0.25) is 0 Å². The SMILES string of the molecule is OCC1CCN(c2ncc(-c3nc4ccc(OCCF)cc4s3)cn2)CC1. The summed E-state index contributed by atoms with van der Waals surface area (Å²) in [6, 6.07) is 5.56. The van der Waals surface area contributed by atoms with Gasteiger partial charge in [0, 0.05) is 37.7 Å². The predicted octanol–water partition coefficient (Wildman–Crippen LogP) is 3.31. The minimum Gasteiger partial charge on any atom is -0.491 e. The molecule has 1 aromatic carbocycles. The van der Waals surface area contributed by atoms with Crippen molar-refractivity contribution in [3.8, 4) is 16.3 Å². The van der Waals surface area contributed by atoms with Crippen LogP contribution in [-0.2, 0) is 0 Å². The number of ether oxygens (including phenoxy) is 1. The first-order valence-electron chi connectivity index (χ1n) is 9.04. The summed E-state index contributed by atoms with van der Waals surface area (Å²) in [5.74, 6) is 1.76. The molecule has 1 fully saturated rings. The number of rotatable bonds is 6. The van der Waals surface area contributed by atoms with Crippen LogP contribution in [0.25, 0.3) is 20.8 Å². The summed E-state index contributed by atoms with van der Waals surface area (Å²) < 4.78 is 18.6. The van der Waals surface area contributed by atoms with Crippen LogP contribution in [0.15, 0.2) is 30.6 Å². The molecule has 0 bridgehead atoms. The van der Waals surface area contributed by atoms with Gasteiger partial charge >= 0.3 is 0 Å². The van der Waals surface area contributed by atoms with Crippen LogP contribution in [0.4, 0.5) is 10.3 Å². The van der Waals surface area contributed by atoms with E-state index in [0.717, 1.165) is 52.7 Å². The number of aliphatic hydroxyl groups excluding tert-OH is 1. The van der Waals surface area contributed by atoms with Crippen LogP contribution in [0.5, 0.6) is 5.75 Å². The van der Waals surface area contributed by atoms with Crippen LogP contribution in [0, 0.1) is 5.92 Å². The van der Waals surface area contributed by atoms with E-state index in [1.54, 1.807) is 18.5 Å². The van der Waals surface area contributed by atoms with Crippen LogP contribution >= 0.6 is 11.3 Å². The highest BCUT2D eigenvalue weighted by atomic mass is 32.1. The number of nitrogens with zero attached hydrogens (tertiary/aromatic N) is 4. The molecule has 142 valence electrons. The van der Waals surface area contributed by atoms with E-state index >= 15 is 0 Å². The maximum absolute atomic E-state index is 12.3. The van der Waals surface area contributed by atoms with Gasteiger partial charge in [-0.2, -0.15) is 0 Å². The Morgan fingerprint density at radius 1 is 1.22 bits per heavy atom. The van der Waals surface area contributed by atoms with Crippen molar-refractivity contribution in [2.24, 2.45) is 5.92 Å². The van der Waals surface area contributed by atoms with Crippen LogP contribution in [0.3, 0.4) is 0 Å². The molecule has 0 aliphatic carbocycles. The quantitative estimate of drug-likeness (QED) is 0.699. The van der Waals surface area contributed by atoms with Gasteiger partial charge in [0.2, 0.25) is 5.95 Å². The Bertz CT molecular complexity index is 894. The Morgan fingerprint density at radius 2 is 2.00 bits per heavy atom. The van der Waals surface area contributed by atoms with Gasteiger partial charge < -0.3 is 14.7 Å². The van der Waals surface area contributed by atoms with Crippen molar-refractivity contribution in [1.29, 1.82) is 0 Å². The first-order valence-corrected chi connectivity index (χ1v) is 9.86. The maximum Gasteiger partial charge on any atom is 0.225 e. The third-order valence-corrected chi connectivity index (χ3v) is 5.81. The molecule has 0 amide bonds. The van der Waals surface area contributed by atoms with E-state index in [2.05, 4.69) is 19.9 Å². The molecule has 27 heavy (non-hydrogen) atoms. The fourth-order valence-electron chi connectivity index (χ4n) is 3.19. The monoisotopic (exact) mass is 388 g/mol. The summed E-state index contributed by atoms with van der Waals surface area (Å²) in [6.07, 6.45) is 5.54. The molecule has 4 rings (SSSR count). The number of hydrogen-bond acceptors (Lipinski definition) is 7. The molecule has 0 saturated carbocycles. The smallest absolute Gasteiger partial charge is 0.225 e. The molecule has 1 saturated heterocycles. The lowest BCUT2D eigenvalue weighted by Crippen LogP contribution is -2.35. The maximum atomic E-state index is 12.3. The molecule has 3 aromatic rings. The summed E-state index contributed by atoms with van der Waals surface area (Å²) in [4.78, 5) is 15.8. The second-order valence-electron chi connectivity index (χ2n) is 6.57. The van der Waals surface area contributed by atoms with Crippen molar-refractivity contribution in [2.75, 3.05) is 37.9 Å². The lowest BCUT2D eigenvalue weighted by atomic mass is 9.98. The molecule has 1 aliphatic heterocycles. The van der Waals surface area contributed by atoms with Crippen LogP contribution in [0.1, 0.15) is 12.8 Å². The van der Waals surface area contributed by atoms with Crippen molar-refractivity contribution in [2.45, 2.75) is 12.8 Å². The fraction of sp³-hybridized carbons (Fsp3) is 0.421. The van der Waals surface area contributed by atoms with Gasteiger partial charge in [-0.1, -0.05) is 0 Å². The zero-order valence-corrected chi connectivity index (χ0v) is 15.7. The van der Waals surface area contributed by atoms with Gasteiger partial charge in [-0.05, 0) is 37.0 Å². The highest BCUT2D eigenvalue weighted by Crippen LogP contribution is 2.32. The molecule has 2 aromatic heterocycles. The van der Waals surface area contributed by atoms with Gasteiger partial charge in [0.1, 0.15) is 24.0 Å². The Labute approximate surface area is 160 Å².